The van der Waals surface area contributed by atoms with Gasteiger partial charge in [-0.1, -0.05) is 19.3 Å². The van der Waals surface area contributed by atoms with Gasteiger partial charge >= 0.3 is 6.03 Å². The number of carbonyl (C=O) groups excluding carboxylic acids is 2. The quantitative estimate of drug-likeness (QED) is 0.782. The van der Waals surface area contributed by atoms with Gasteiger partial charge in [0.25, 0.3) is 0 Å². The van der Waals surface area contributed by atoms with Crippen molar-refractivity contribution >= 4 is 11.9 Å². The lowest BCUT2D eigenvalue weighted by Gasteiger charge is -2.26. The molecule has 0 spiro atoms. The van der Waals surface area contributed by atoms with E-state index in [1.54, 1.807) is 14.2 Å². The van der Waals surface area contributed by atoms with Crippen LogP contribution in [0.25, 0.3) is 0 Å². The maximum Gasteiger partial charge on any atom is 0.321 e. The number of benzene rings is 1. The number of methoxy groups -OCH3 is 2. The molecule has 1 unspecified atom stereocenters. The van der Waals surface area contributed by atoms with Crippen LogP contribution in [-0.4, -0.2) is 50.2 Å². The van der Waals surface area contributed by atoms with Gasteiger partial charge in [0.05, 0.1) is 20.8 Å². The molecule has 0 bridgehead atoms. The second-order valence-electron chi connectivity index (χ2n) is 7.59. The maximum absolute atomic E-state index is 12.4. The van der Waals surface area contributed by atoms with Crippen LogP contribution in [0.1, 0.15) is 56.6 Å². The van der Waals surface area contributed by atoms with Crippen LogP contribution in [0.4, 0.5) is 4.79 Å². The number of urea groups is 1. The monoisotopic (exact) mass is 389 g/mol. The summed E-state index contributed by atoms with van der Waals surface area (Å²) in [5.41, 5.74) is 1.01. The van der Waals surface area contributed by atoms with Crippen LogP contribution in [0, 0.1) is 0 Å². The van der Waals surface area contributed by atoms with Crippen LogP contribution < -0.4 is 20.1 Å². The van der Waals surface area contributed by atoms with Crippen molar-refractivity contribution in [2.45, 2.75) is 57.0 Å². The summed E-state index contributed by atoms with van der Waals surface area (Å²) in [7, 11) is 3.28. The predicted octanol–water partition coefficient (Wildman–Crippen LogP) is 3.00. The molecule has 0 aromatic heterocycles. The summed E-state index contributed by atoms with van der Waals surface area (Å²) >= 11 is 0. The molecule has 2 aliphatic rings. The first-order valence-corrected chi connectivity index (χ1v) is 10.2. The number of likely N-dealkylation sites (tertiary alicyclic amines) is 1. The lowest BCUT2D eigenvalue weighted by atomic mass is 9.96. The second kappa shape index (κ2) is 9.78. The van der Waals surface area contributed by atoms with E-state index in [9.17, 15) is 9.59 Å². The summed E-state index contributed by atoms with van der Waals surface area (Å²) in [5, 5.41) is 5.42. The van der Waals surface area contributed by atoms with E-state index in [-0.39, 0.29) is 30.6 Å². The summed E-state index contributed by atoms with van der Waals surface area (Å²) in [4.78, 5) is 26.7. The lowest BCUT2D eigenvalue weighted by Crippen LogP contribution is -2.48. The first kappa shape index (κ1) is 20.5. The summed E-state index contributed by atoms with van der Waals surface area (Å²) in [6, 6.07) is 5.59. The Hall–Kier alpha value is -2.28. The Kier molecular flexibility index (Phi) is 7.14. The highest BCUT2D eigenvalue weighted by Crippen LogP contribution is 2.38. The third-order valence-corrected chi connectivity index (χ3v) is 5.70. The van der Waals surface area contributed by atoms with Gasteiger partial charge < -0.3 is 14.8 Å². The van der Waals surface area contributed by atoms with Crippen molar-refractivity contribution in [1.82, 2.24) is 15.5 Å². The fraction of sp³-hybridized carbons (Fsp3) is 0.619. The molecule has 1 atom stereocenters. The molecule has 2 N–H and O–H groups in total. The molecule has 154 valence electrons. The minimum absolute atomic E-state index is 0.0669. The Morgan fingerprint density at radius 1 is 1.07 bits per heavy atom. The average molecular weight is 389 g/mol. The molecule has 7 heteroatoms. The highest BCUT2D eigenvalue weighted by molar-refractivity contribution is 5.95. The fourth-order valence-corrected chi connectivity index (χ4v) is 4.29. The van der Waals surface area contributed by atoms with E-state index in [1.807, 2.05) is 18.2 Å². The van der Waals surface area contributed by atoms with Gasteiger partial charge in [0, 0.05) is 17.6 Å². The van der Waals surface area contributed by atoms with Gasteiger partial charge in [-0.05, 0) is 50.4 Å². The minimum atomic E-state index is -0.383. The van der Waals surface area contributed by atoms with Crippen LogP contribution in [0.2, 0.25) is 0 Å². The number of hydrogen-bond donors (Lipinski definition) is 2. The number of ether oxygens (including phenoxy) is 2. The van der Waals surface area contributed by atoms with Crippen molar-refractivity contribution in [3.8, 4) is 11.5 Å². The zero-order valence-electron chi connectivity index (χ0n) is 16.8. The molecule has 3 amide bonds. The number of nitrogens with one attached hydrogen (secondary N) is 2. The number of hydrogen-bond acceptors (Lipinski definition) is 5. The predicted molar refractivity (Wildman–Crippen MR) is 107 cm³/mol. The molecule has 1 aliphatic heterocycles. The molecular weight excluding hydrogens is 358 g/mol. The van der Waals surface area contributed by atoms with Crippen molar-refractivity contribution in [2.24, 2.45) is 0 Å². The minimum Gasteiger partial charge on any atom is -0.497 e. The molecule has 1 saturated heterocycles. The number of nitrogens with zero attached hydrogens (tertiary/aromatic N) is 1. The van der Waals surface area contributed by atoms with Crippen molar-refractivity contribution < 1.29 is 19.1 Å². The van der Waals surface area contributed by atoms with Gasteiger partial charge in [0.1, 0.15) is 11.5 Å². The van der Waals surface area contributed by atoms with Gasteiger partial charge in [-0.15, -0.1) is 0 Å². The number of carbonyl (C=O) groups is 2. The number of rotatable bonds is 6. The van der Waals surface area contributed by atoms with Crippen LogP contribution in [0.3, 0.4) is 0 Å². The Morgan fingerprint density at radius 2 is 1.86 bits per heavy atom. The van der Waals surface area contributed by atoms with Gasteiger partial charge in [-0.3, -0.25) is 15.0 Å². The van der Waals surface area contributed by atoms with E-state index in [0.29, 0.717) is 0 Å². The van der Waals surface area contributed by atoms with Gasteiger partial charge in [-0.25, -0.2) is 4.79 Å². The summed E-state index contributed by atoms with van der Waals surface area (Å²) < 4.78 is 10.9. The zero-order chi connectivity index (χ0) is 19.9. The smallest absolute Gasteiger partial charge is 0.321 e. The van der Waals surface area contributed by atoms with E-state index in [1.165, 1.54) is 6.42 Å². The van der Waals surface area contributed by atoms with Crippen LogP contribution in [0.5, 0.6) is 11.5 Å². The fourth-order valence-electron chi connectivity index (χ4n) is 4.29. The first-order chi connectivity index (χ1) is 13.6. The van der Waals surface area contributed by atoms with Crippen molar-refractivity contribution in [3.63, 3.8) is 0 Å². The van der Waals surface area contributed by atoms with Gasteiger partial charge in [0.2, 0.25) is 5.91 Å². The molecule has 2 fully saturated rings. The molecule has 1 aromatic carbocycles. The molecule has 0 radical (unpaired) electrons. The average Bonchev–Trinajstić information content (AvgIpc) is 3.15. The van der Waals surface area contributed by atoms with Crippen LogP contribution in [0.15, 0.2) is 18.2 Å². The molecular formula is C21H31N3O4. The standard InChI is InChI=1S/C21H31N3O4/c1-27-16-10-11-19(28-2)17(13-16)18-9-6-12-24(18)14-20(25)23-21(26)22-15-7-4-3-5-8-15/h10-11,13,15,18H,3-9,12,14H2,1-2H3,(H2,22,23,25,26). The molecule has 3 rings (SSSR count). The second-order valence-corrected chi connectivity index (χ2v) is 7.59. The first-order valence-electron chi connectivity index (χ1n) is 10.2. The maximum atomic E-state index is 12.4. The highest BCUT2D eigenvalue weighted by atomic mass is 16.5. The molecule has 1 aliphatic carbocycles. The zero-order valence-corrected chi connectivity index (χ0v) is 16.8. The van der Waals surface area contributed by atoms with Gasteiger partial charge in [-0.2, -0.15) is 0 Å². The van der Waals surface area contributed by atoms with E-state index in [0.717, 1.165) is 62.1 Å². The van der Waals surface area contributed by atoms with Crippen molar-refractivity contribution in [1.29, 1.82) is 0 Å². The molecule has 1 aromatic rings. The summed E-state index contributed by atoms with van der Waals surface area (Å²) in [6.07, 6.45) is 7.41. The molecule has 1 saturated carbocycles. The Morgan fingerprint density at radius 3 is 2.57 bits per heavy atom. The highest BCUT2D eigenvalue weighted by Gasteiger charge is 2.30. The van der Waals surface area contributed by atoms with Gasteiger partial charge in [0.15, 0.2) is 0 Å². The van der Waals surface area contributed by atoms with Crippen molar-refractivity contribution in [3.05, 3.63) is 23.8 Å². The Bertz CT molecular complexity index is 688. The SMILES string of the molecule is COc1ccc(OC)c(C2CCCN2CC(=O)NC(=O)NC2CCCCC2)c1. The van der Waals surface area contributed by atoms with Crippen LogP contribution >= 0.6 is 0 Å². The summed E-state index contributed by atoms with van der Waals surface area (Å²) in [6.45, 7) is 0.992. The Balaban J connectivity index is 1.58. The number of imide groups is 1. The largest absolute Gasteiger partial charge is 0.497 e. The number of amides is 3. The summed E-state index contributed by atoms with van der Waals surface area (Å²) in [5.74, 6) is 1.27. The normalized spacial score (nSPS) is 20.6. The van der Waals surface area contributed by atoms with E-state index in [2.05, 4.69) is 15.5 Å². The third-order valence-electron chi connectivity index (χ3n) is 5.70. The molecule has 1 heterocycles. The van der Waals surface area contributed by atoms with E-state index in [4.69, 9.17) is 9.47 Å². The lowest BCUT2D eigenvalue weighted by molar-refractivity contribution is -0.121. The third kappa shape index (κ3) is 5.16. The van der Waals surface area contributed by atoms with E-state index < -0.39 is 0 Å². The van der Waals surface area contributed by atoms with Crippen LogP contribution in [-0.2, 0) is 4.79 Å². The molecule has 7 nitrogen and oxygen atoms in total. The van der Waals surface area contributed by atoms with Crippen molar-refractivity contribution in [2.75, 3.05) is 27.3 Å². The molecule has 28 heavy (non-hydrogen) atoms. The Labute approximate surface area is 166 Å². The topological polar surface area (TPSA) is 79.9 Å². The van der Waals surface area contributed by atoms with E-state index >= 15 is 0 Å².